The van der Waals surface area contributed by atoms with E-state index in [4.69, 9.17) is 11.6 Å². The lowest BCUT2D eigenvalue weighted by Crippen LogP contribution is -2.34. The van der Waals surface area contributed by atoms with Crippen molar-refractivity contribution in [3.05, 3.63) is 22.6 Å². The predicted octanol–water partition coefficient (Wildman–Crippen LogP) is 1.72. The molecule has 2 heterocycles. The zero-order chi connectivity index (χ0) is 12.3. The molecular weight excluding hydrogens is 238 g/mol. The summed E-state index contributed by atoms with van der Waals surface area (Å²) in [5, 5.41) is 4.14. The van der Waals surface area contributed by atoms with E-state index in [1.807, 2.05) is 0 Å². The van der Waals surface area contributed by atoms with Crippen molar-refractivity contribution in [1.29, 1.82) is 0 Å². The lowest BCUT2D eigenvalue weighted by molar-refractivity contribution is 0.437. The highest BCUT2D eigenvalue weighted by atomic mass is 35.5. The Kier molecular flexibility index (Phi) is 4.05. The standard InChI is InChI=1S/C12H18ClN3O/c1-10-2-5-15(6-3-10)11-8-12(17)16(7-4-13)14-9-11/h8-10H,2-7H2,1H3. The van der Waals surface area contributed by atoms with Crippen LogP contribution in [0.1, 0.15) is 19.8 Å². The number of anilines is 1. The maximum absolute atomic E-state index is 11.8. The average Bonchev–Trinajstić information content (AvgIpc) is 2.33. The van der Waals surface area contributed by atoms with Crippen LogP contribution in [-0.2, 0) is 6.54 Å². The molecule has 0 amide bonds. The molecule has 0 N–H and O–H groups in total. The normalized spacial score (nSPS) is 17.4. The summed E-state index contributed by atoms with van der Waals surface area (Å²) in [6, 6.07) is 1.66. The fourth-order valence-corrected chi connectivity index (χ4v) is 2.27. The summed E-state index contributed by atoms with van der Waals surface area (Å²) < 4.78 is 1.41. The van der Waals surface area contributed by atoms with Gasteiger partial charge in [-0.25, -0.2) is 4.68 Å². The third-order valence-electron chi connectivity index (χ3n) is 3.30. The molecule has 1 aliphatic heterocycles. The van der Waals surface area contributed by atoms with Crippen LogP contribution in [0.4, 0.5) is 5.69 Å². The van der Waals surface area contributed by atoms with Gasteiger partial charge in [-0.2, -0.15) is 5.10 Å². The number of halogens is 1. The quantitative estimate of drug-likeness (QED) is 0.772. The molecule has 1 aromatic rings. The molecule has 17 heavy (non-hydrogen) atoms. The van der Waals surface area contributed by atoms with Gasteiger partial charge in [0.15, 0.2) is 0 Å². The van der Waals surface area contributed by atoms with Crippen molar-refractivity contribution in [1.82, 2.24) is 9.78 Å². The Bertz CT molecular complexity index is 424. The molecule has 94 valence electrons. The van der Waals surface area contributed by atoms with Gasteiger partial charge in [-0.1, -0.05) is 6.92 Å². The van der Waals surface area contributed by atoms with Crippen LogP contribution in [0.2, 0.25) is 0 Å². The van der Waals surface area contributed by atoms with Crippen molar-refractivity contribution in [2.75, 3.05) is 23.9 Å². The molecule has 4 nitrogen and oxygen atoms in total. The second-order valence-corrected chi connectivity index (χ2v) is 5.01. The van der Waals surface area contributed by atoms with E-state index in [1.54, 1.807) is 12.3 Å². The van der Waals surface area contributed by atoms with Crippen LogP contribution < -0.4 is 10.5 Å². The first-order valence-electron chi connectivity index (χ1n) is 6.09. The molecule has 5 heteroatoms. The summed E-state index contributed by atoms with van der Waals surface area (Å²) in [4.78, 5) is 14.0. The SMILES string of the molecule is CC1CCN(c2cnn(CCCl)c(=O)c2)CC1. The van der Waals surface area contributed by atoms with Crippen LogP contribution in [0.15, 0.2) is 17.1 Å². The van der Waals surface area contributed by atoms with Crippen molar-refractivity contribution >= 4 is 17.3 Å². The molecule has 0 saturated carbocycles. The minimum Gasteiger partial charge on any atom is -0.370 e. The number of hydrogen-bond donors (Lipinski definition) is 0. The Labute approximate surface area is 106 Å². The van der Waals surface area contributed by atoms with Gasteiger partial charge in [0.25, 0.3) is 5.56 Å². The number of aromatic nitrogens is 2. The van der Waals surface area contributed by atoms with Crippen molar-refractivity contribution in [2.24, 2.45) is 5.92 Å². The first-order chi connectivity index (χ1) is 8.20. The van der Waals surface area contributed by atoms with Gasteiger partial charge in [0.2, 0.25) is 0 Å². The molecule has 0 atom stereocenters. The molecule has 2 rings (SSSR count). The van der Waals surface area contributed by atoms with Gasteiger partial charge in [-0.05, 0) is 18.8 Å². The number of aryl methyl sites for hydroxylation is 1. The second kappa shape index (κ2) is 5.54. The molecule has 1 saturated heterocycles. The molecule has 1 aliphatic rings. The maximum Gasteiger partial charge on any atom is 0.268 e. The van der Waals surface area contributed by atoms with Crippen molar-refractivity contribution in [3.63, 3.8) is 0 Å². The van der Waals surface area contributed by atoms with E-state index in [1.165, 1.54) is 17.5 Å². The Balaban J connectivity index is 2.12. The summed E-state index contributed by atoms with van der Waals surface area (Å²) in [5.41, 5.74) is 0.870. The van der Waals surface area contributed by atoms with Gasteiger partial charge < -0.3 is 4.90 Å². The summed E-state index contributed by atoms with van der Waals surface area (Å²) in [5.74, 6) is 1.20. The van der Waals surface area contributed by atoms with E-state index in [2.05, 4.69) is 16.9 Å². The second-order valence-electron chi connectivity index (χ2n) is 4.63. The van der Waals surface area contributed by atoms with E-state index in [9.17, 15) is 4.79 Å². The zero-order valence-electron chi connectivity index (χ0n) is 10.1. The van der Waals surface area contributed by atoms with Crippen LogP contribution in [0, 0.1) is 5.92 Å². The number of rotatable bonds is 3. The molecule has 1 fully saturated rings. The zero-order valence-corrected chi connectivity index (χ0v) is 10.9. The van der Waals surface area contributed by atoms with Crippen LogP contribution >= 0.6 is 11.6 Å². The van der Waals surface area contributed by atoms with E-state index in [-0.39, 0.29) is 5.56 Å². The van der Waals surface area contributed by atoms with Gasteiger partial charge in [0, 0.05) is 25.0 Å². The van der Waals surface area contributed by atoms with Gasteiger partial charge in [0.1, 0.15) is 0 Å². The van der Waals surface area contributed by atoms with Crippen molar-refractivity contribution < 1.29 is 0 Å². The molecule has 0 bridgehead atoms. The Hall–Kier alpha value is -1.03. The lowest BCUT2D eigenvalue weighted by atomic mass is 9.99. The molecule has 0 aliphatic carbocycles. The maximum atomic E-state index is 11.8. The predicted molar refractivity (Wildman–Crippen MR) is 69.8 cm³/mol. The smallest absolute Gasteiger partial charge is 0.268 e. The largest absolute Gasteiger partial charge is 0.370 e. The molecule has 0 radical (unpaired) electrons. The highest BCUT2D eigenvalue weighted by Crippen LogP contribution is 2.20. The fraction of sp³-hybridized carbons (Fsp3) is 0.667. The van der Waals surface area contributed by atoms with Crippen LogP contribution in [-0.4, -0.2) is 28.8 Å². The Morgan fingerprint density at radius 2 is 2.18 bits per heavy atom. The first-order valence-corrected chi connectivity index (χ1v) is 6.62. The van der Waals surface area contributed by atoms with Crippen LogP contribution in [0.3, 0.4) is 0 Å². The van der Waals surface area contributed by atoms with E-state index in [0.717, 1.165) is 24.7 Å². The van der Waals surface area contributed by atoms with Crippen LogP contribution in [0.5, 0.6) is 0 Å². The monoisotopic (exact) mass is 255 g/mol. The van der Waals surface area contributed by atoms with Gasteiger partial charge in [0.05, 0.1) is 18.4 Å². The Morgan fingerprint density at radius 1 is 1.47 bits per heavy atom. The van der Waals surface area contributed by atoms with Crippen molar-refractivity contribution in [2.45, 2.75) is 26.3 Å². The summed E-state index contributed by atoms with van der Waals surface area (Å²) >= 11 is 5.60. The van der Waals surface area contributed by atoms with Gasteiger partial charge in [-0.15, -0.1) is 11.6 Å². The minimum absolute atomic E-state index is 0.0678. The van der Waals surface area contributed by atoms with Crippen LogP contribution in [0.25, 0.3) is 0 Å². The molecule has 0 unspecified atom stereocenters. The Morgan fingerprint density at radius 3 is 2.76 bits per heavy atom. The van der Waals surface area contributed by atoms with Crippen molar-refractivity contribution in [3.8, 4) is 0 Å². The molecule has 1 aromatic heterocycles. The highest BCUT2D eigenvalue weighted by molar-refractivity contribution is 6.17. The third kappa shape index (κ3) is 3.00. The fourth-order valence-electron chi connectivity index (χ4n) is 2.11. The number of nitrogens with zero attached hydrogens (tertiary/aromatic N) is 3. The lowest BCUT2D eigenvalue weighted by Gasteiger charge is -2.31. The molecule has 0 aromatic carbocycles. The summed E-state index contributed by atoms with van der Waals surface area (Å²) in [6.07, 6.45) is 4.14. The highest BCUT2D eigenvalue weighted by Gasteiger charge is 2.16. The number of piperidine rings is 1. The van der Waals surface area contributed by atoms with E-state index in [0.29, 0.717) is 12.4 Å². The third-order valence-corrected chi connectivity index (χ3v) is 3.47. The average molecular weight is 256 g/mol. The van der Waals surface area contributed by atoms with E-state index < -0.39 is 0 Å². The van der Waals surface area contributed by atoms with Gasteiger partial charge in [-0.3, -0.25) is 4.79 Å². The van der Waals surface area contributed by atoms with E-state index >= 15 is 0 Å². The molecule has 0 spiro atoms. The first kappa shape index (κ1) is 12.4. The number of alkyl halides is 1. The minimum atomic E-state index is -0.0678. The topological polar surface area (TPSA) is 38.1 Å². The van der Waals surface area contributed by atoms with Gasteiger partial charge >= 0.3 is 0 Å². The summed E-state index contributed by atoms with van der Waals surface area (Å²) in [6.45, 7) is 4.77. The molecular formula is C12H18ClN3O. The number of hydrogen-bond acceptors (Lipinski definition) is 3. The summed E-state index contributed by atoms with van der Waals surface area (Å²) in [7, 11) is 0.